The molecule has 1 amide bonds. The van der Waals surface area contributed by atoms with Gasteiger partial charge in [-0.05, 0) is 24.3 Å². The Hall–Kier alpha value is -2.96. The Morgan fingerprint density at radius 2 is 1.96 bits per heavy atom. The number of esters is 1. The molecule has 130 valence electrons. The largest absolute Gasteiger partial charge is 0.485 e. The van der Waals surface area contributed by atoms with Crippen molar-refractivity contribution < 1.29 is 23.5 Å². The van der Waals surface area contributed by atoms with Crippen molar-refractivity contribution in [3.05, 3.63) is 60.2 Å². The first-order valence-electron chi connectivity index (χ1n) is 7.81. The first-order chi connectivity index (χ1) is 12.1. The maximum atomic E-state index is 13.8. The minimum absolute atomic E-state index is 0.0863. The molecule has 1 aromatic heterocycles. The SMILES string of the molecule is COC(=O)C1CC(Oc2ccccc2F)CN1C(=O)c1ccccn1. The topological polar surface area (TPSA) is 68.7 Å². The van der Waals surface area contributed by atoms with Crippen molar-refractivity contribution in [2.24, 2.45) is 0 Å². The fourth-order valence-corrected chi connectivity index (χ4v) is 2.82. The van der Waals surface area contributed by atoms with Crippen molar-refractivity contribution in [3.8, 4) is 5.75 Å². The molecule has 25 heavy (non-hydrogen) atoms. The number of aromatic nitrogens is 1. The first kappa shape index (κ1) is 16.9. The van der Waals surface area contributed by atoms with Gasteiger partial charge in [-0.25, -0.2) is 9.18 Å². The molecular formula is C18H17FN2O4. The number of hydrogen-bond acceptors (Lipinski definition) is 5. The molecule has 2 aromatic rings. The molecule has 2 heterocycles. The fourth-order valence-electron chi connectivity index (χ4n) is 2.82. The summed E-state index contributed by atoms with van der Waals surface area (Å²) < 4.78 is 24.2. The van der Waals surface area contributed by atoms with E-state index in [1.165, 1.54) is 30.3 Å². The molecule has 0 N–H and O–H groups in total. The molecule has 2 atom stereocenters. The third-order valence-electron chi connectivity index (χ3n) is 4.01. The maximum absolute atomic E-state index is 13.8. The van der Waals surface area contributed by atoms with Gasteiger partial charge in [-0.15, -0.1) is 0 Å². The van der Waals surface area contributed by atoms with Gasteiger partial charge in [0.1, 0.15) is 17.8 Å². The van der Waals surface area contributed by atoms with Crippen LogP contribution in [0.15, 0.2) is 48.7 Å². The molecular weight excluding hydrogens is 327 g/mol. The van der Waals surface area contributed by atoms with Crippen LogP contribution in [0.3, 0.4) is 0 Å². The Morgan fingerprint density at radius 3 is 2.64 bits per heavy atom. The van der Waals surface area contributed by atoms with Crippen LogP contribution in [0.1, 0.15) is 16.9 Å². The first-order valence-corrected chi connectivity index (χ1v) is 7.81. The van der Waals surface area contributed by atoms with Crippen molar-refractivity contribution >= 4 is 11.9 Å². The Kier molecular flexibility index (Phi) is 4.92. The number of hydrogen-bond donors (Lipinski definition) is 0. The molecule has 6 nitrogen and oxygen atoms in total. The quantitative estimate of drug-likeness (QED) is 0.794. The number of rotatable bonds is 4. The van der Waals surface area contributed by atoms with E-state index in [1.807, 2.05) is 0 Å². The van der Waals surface area contributed by atoms with Crippen LogP contribution >= 0.6 is 0 Å². The van der Waals surface area contributed by atoms with Gasteiger partial charge in [0.2, 0.25) is 0 Å². The lowest BCUT2D eigenvalue weighted by Gasteiger charge is -2.21. The summed E-state index contributed by atoms with van der Waals surface area (Å²) in [6.45, 7) is 0.142. The number of halogens is 1. The smallest absolute Gasteiger partial charge is 0.328 e. The molecule has 1 aliphatic rings. The third kappa shape index (κ3) is 3.60. The van der Waals surface area contributed by atoms with E-state index < -0.39 is 29.8 Å². The minimum Gasteiger partial charge on any atom is -0.485 e. The highest BCUT2D eigenvalue weighted by molar-refractivity contribution is 5.95. The lowest BCUT2D eigenvalue weighted by molar-refractivity contribution is -0.145. The molecule has 2 unspecified atom stereocenters. The molecule has 1 saturated heterocycles. The number of para-hydroxylation sites is 1. The van der Waals surface area contributed by atoms with Crippen molar-refractivity contribution in [1.82, 2.24) is 9.88 Å². The maximum Gasteiger partial charge on any atom is 0.328 e. The highest BCUT2D eigenvalue weighted by atomic mass is 19.1. The monoisotopic (exact) mass is 344 g/mol. The number of carbonyl (C=O) groups is 2. The van der Waals surface area contributed by atoms with Gasteiger partial charge in [0.25, 0.3) is 5.91 Å². The summed E-state index contributed by atoms with van der Waals surface area (Å²) in [5.74, 6) is -1.34. The second kappa shape index (κ2) is 7.29. The van der Waals surface area contributed by atoms with Crippen molar-refractivity contribution in [2.45, 2.75) is 18.6 Å². The van der Waals surface area contributed by atoms with E-state index >= 15 is 0 Å². The van der Waals surface area contributed by atoms with E-state index in [0.717, 1.165) is 0 Å². The van der Waals surface area contributed by atoms with Crippen molar-refractivity contribution in [3.63, 3.8) is 0 Å². The van der Waals surface area contributed by atoms with Gasteiger partial charge < -0.3 is 14.4 Å². The predicted molar refractivity (Wildman–Crippen MR) is 86.5 cm³/mol. The van der Waals surface area contributed by atoms with Crippen LogP contribution in [0, 0.1) is 5.82 Å². The number of benzene rings is 1. The van der Waals surface area contributed by atoms with Crippen molar-refractivity contribution in [2.75, 3.05) is 13.7 Å². The van der Waals surface area contributed by atoms with E-state index in [2.05, 4.69) is 4.98 Å². The molecule has 0 radical (unpaired) electrons. The van der Waals surface area contributed by atoms with Gasteiger partial charge in [0.15, 0.2) is 11.6 Å². The zero-order valence-corrected chi connectivity index (χ0v) is 13.6. The molecule has 1 aliphatic heterocycles. The Balaban J connectivity index is 1.80. The predicted octanol–water partition coefficient (Wildman–Crippen LogP) is 2.06. The summed E-state index contributed by atoms with van der Waals surface area (Å²) in [5.41, 5.74) is 0.225. The van der Waals surface area contributed by atoms with E-state index in [4.69, 9.17) is 9.47 Å². The van der Waals surface area contributed by atoms with Crippen LogP contribution in [-0.4, -0.2) is 47.6 Å². The molecule has 0 bridgehead atoms. The highest BCUT2D eigenvalue weighted by Gasteiger charge is 2.42. The number of nitrogens with zero attached hydrogens (tertiary/aromatic N) is 2. The van der Waals surface area contributed by atoms with Gasteiger partial charge in [0, 0.05) is 12.6 Å². The zero-order chi connectivity index (χ0) is 17.8. The summed E-state index contributed by atoms with van der Waals surface area (Å²) in [5, 5.41) is 0. The molecule has 0 aliphatic carbocycles. The lowest BCUT2D eigenvalue weighted by Crippen LogP contribution is -2.41. The van der Waals surface area contributed by atoms with E-state index in [-0.39, 0.29) is 24.4 Å². The van der Waals surface area contributed by atoms with Crippen LogP contribution in [0.25, 0.3) is 0 Å². The number of likely N-dealkylation sites (tertiary alicyclic amines) is 1. The Bertz CT molecular complexity index is 769. The number of amides is 1. The standard InChI is InChI=1S/C18H17FN2O4/c1-24-18(23)15-10-12(25-16-8-3-2-6-13(16)19)11-21(15)17(22)14-7-4-5-9-20-14/h2-9,12,15H,10-11H2,1H3. The number of ether oxygens (including phenoxy) is 2. The summed E-state index contributed by atoms with van der Waals surface area (Å²) in [7, 11) is 1.26. The van der Waals surface area contributed by atoms with Crippen LogP contribution in [-0.2, 0) is 9.53 Å². The zero-order valence-electron chi connectivity index (χ0n) is 13.6. The van der Waals surface area contributed by atoms with Gasteiger partial charge in [0.05, 0.1) is 13.7 Å². The number of methoxy groups -OCH3 is 1. The average Bonchev–Trinajstić information content (AvgIpc) is 3.07. The van der Waals surface area contributed by atoms with Crippen LogP contribution < -0.4 is 4.74 Å². The van der Waals surface area contributed by atoms with E-state index in [0.29, 0.717) is 0 Å². The van der Waals surface area contributed by atoms with E-state index in [1.54, 1.807) is 30.3 Å². The average molecular weight is 344 g/mol. The molecule has 0 saturated carbocycles. The molecule has 1 aromatic carbocycles. The number of pyridine rings is 1. The third-order valence-corrected chi connectivity index (χ3v) is 4.01. The Morgan fingerprint density at radius 1 is 1.20 bits per heavy atom. The lowest BCUT2D eigenvalue weighted by atomic mass is 10.2. The second-order valence-corrected chi connectivity index (χ2v) is 5.62. The van der Waals surface area contributed by atoms with Gasteiger partial charge in [-0.3, -0.25) is 9.78 Å². The normalized spacial score (nSPS) is 19.5. The van der Waals surface area contributed by atoms with Crippen molar-refractivity contribution in [1.29, 1.82) is 0 Å². The molecule has 3 rings (SSSR count). The summed E-state index contributed by atoms with van der Waals surface area (Å²) in [4.78, 5) is 30.1. The summed E-state index contributed by atoms with van der Waals surface area (Å²) >= 11 is 0. The van der Waals surface area contributed by atoms with Gasteiger partial charge in [-0.2, -0.15) is 0 Å². The van der Waals surface area contributed by atoms with Gasteiger partial charge in [-0.1, -0.05) is 18.2 Å². The van der Waals surface area contributed by atoms with Gasteiger partial charge >= 0.3 is 5.97 Å². The second-order valence-electron chi connectivity index (χ2n) is 5.62. The summed E-state index contributed by atoms with van der Waals surface area (Å²) in [6, 6.07) is 10.2. The molecule has 7 heteroatoms. The highest BCUT2D eigenvalue weighted by Crippen LogP contribution is 2.26. The number of carbonyl (C=O) groups excluding carboxylic acids is 2. The summed E-state index contributed by atoms with van der Waals surface area (Å²) in [6.07, 6.45) is 1.21. The van der Waals surface area contributed by atoms with E-state index in [9.17, 15) is 14.0 Å². The van der Waals surface area contributed by atoms with Crippen LogP contribution in [0.4, 0.5) is 4.39 Å². The molecule has 1 fully saturated rings. The van der Waals surface area contributed by atoms with Crippen LogP contribution in [0.2, 0.25) is 0 Å². The minimum atomic E-state index is -0.795. The van der Waals surface area contributed by atoms with Crippen LogP contribution in [0.5, 0.6) is 5.75 Å². The molecule has 0 spiro atoms. The Labute approximate surface area is 144 Å². The fraction of sp³-hybridized carbons (Fsp3) is 0.278.